The van der Waals surface area contributed by atoms with Gasteiger partial charge in [-0.15, -0.1) is 0 Å². The van der Waals surface area contributed by atoms with Crippen LogP contribution in [0.15, 0.2) is 18.2 Å². The van der Waals surface area contributed by atoms with Crippen LogP contribution in [0.1, 0.15) is 29.5 Å². The van der Waals surface area contributed by atoms with E-state index in [0.717, 1.165) is 19.1 Å². The van der Waals surface area contributed by atoms with Crippen LogP contribution in [-0.2, 0) is 24.4 Å². The van der Waals surface area contributed by atoms with E-state index in [4.69, 9.17) is 4.74 Å². The van der Waals surface area contributed by atoms with E-state index in [1.54, 1.807) is 0 Å². The number of hydrogen-bond donors (Lipinski definition) is 1. The second-order valence-electron chi connectivity index (χ2n) is 4.96. The molecule has 1 aromatic carbocycles. The van der Waals surface area contributed by atoms with Crippen molar-refractivity contribution in [1.29, 1.82) is 0 Å². The molecule has 3 rings (SSSR count). The highest BCUT2D eigenvalue weighted by atomic mass is 16.5. The van der Waals surface area contributed by atoms with Crippen molar-refractivity contribution >= 4 is 0 Å². The van der Waals surface area contributed by atoms with Crippen molar-refractivity contribution in [2.24, 2.45) is 5.92 Å². The van der Waals surface area contributed by atoms with Gasteiger partial charge in [0.2, 0.25) is 0 Å². The van der Waals surface area contributed by atoms with Gasteiger partial charge in [-0.3, -0.25) is 0 Å². The van der Waals surface area contributed by atoms with E-state index in [9.17, 15) is 0 Å². The molecule has 1 fully saturated rings. The molecule has 0 aliphatic carbocycles. The summed E-state index contributed by atoms with van der Waals surface area (Å²) in [6.45, 7) is 4.02. The number of hydrogen-bond acceptors (Lipinski definition) is 2. The Bertz CT molecular complexity index is 369. The predicted octanol–water partition coefficient (Wildman–Crippen LogP) is 2.26. The molecule has 1 unspecified atom stereocenters. The van der Waals surface area contributed by atoms with Gasteiger partial charge in [-0.25, -0.2) is 0 Å². The van der Waals surface area contributed by atoms with Crippen molar-refractivity contribution in [3.63, 3.8) is 0 Å². The van der Waals surface area contributed by atoms with E-state index in [1.165, 1.54) is 49.0 Å². The summed E-state index contributed by atoms with van der Waals surface area (Å²) >= 11 is 0. The maximum Gasteiger partial charge on any atom is 0.0727 e. The monoisotopic (exact) mass is 217 g/mol. The smallest absolute Gasteiger partial charge is 0.0727 e. The third kappa shape index (κ3) is 2.00. The molecular formula is C14H19NO. The van der Waals surface area contributed by atoms with Crippen LogP contribution < -0.4 is 5.32 Å². The van der Waals surface area contributed by atoms with E-state index < -0.39 is 0 Å². The van der Waals surface area contributed by atoms with Crippen molar-refractivity contribution < 1.29 is 4.74 Å². The van der Waals surface area contributed by atoms with Crippen LogP contribution in [0.4, 0.5) is 0 Å². The first-order chi connectivity index (χ1) is 7.93. The molecule has 0 saturated carbocycles. The molecule has 0 aromatic heterocycles. The summed E-state index contributed by atoms with van der Waals surface area (Å²) in [7, 11) is 0. The number of fused-ring (bicyclic) bond motifs is 1. The maximum absolute atomic E-state index is 5.53. The van der Waals surface area contributed by atoms with Gasteiger partial charge in [-0.2, -0.15) is 0 Å². The fourth-order valence-corrected chi connectivity index (χ4v) is 2.87. The number of nitrogens with one attached hydrogen (secondary N) is 1. The minimum absolute atomic E-state index is 0.812. The van der Waals surface area contributed by atoms with Crippen molar-refractivity contribution in [1.82, 2.24) is 5.32 Å². The molecule has 1 saturated heterocycles. The van der Waals surface area contributed by atoms with Crippen LogP contribution in [0.5, 0.6) is 0 Å². The van der Waals surface area contributed by atoms with Gasteiger partial charge in [0.15, 0.2) is 0 Å². The zero-order chi connectivity index (χ0) is 10.8. The Hall–Kier alpha value is -0.860. The zero-order valence-electron chi connectivity index (χ0n) is 9.67. The van der Waals surface area contributed by atoms with Crippen molar-refractivity contribution in [2.75, 3.05) is 13.1 Å². The molecule has 0 bridgehead atoms. The molecule has 1 atom stereocenters. The lowest BCUT2D eigenvalue weighted by atomic mass is 9.89. The Balaban J connectivity index is 1.76. The average Bonchev–Trinajstić information content (AvgIpc) is 2.80. The standard InChI is InChI=1S/C14H19NO/c1-4-12(7-11-3-2-6-15-8-11)14-10-16-9-13(14)5-1/h1,4-5,11,15H,2-3,6-10H2. The summed E-state index contributed by atoms with van der Waals surface area (Å²) in [4.78, 5) is 0. The minimum atomic E-state index is 0.812. The summed E-state index contributed by atoms with van der Waals surface area (Å²) in [6, 6.07) is 6.66. The molecule has 2 nitrogen and oxygen atoms in total. The summed E-state index contributed by atoms with van der Waals surface area (Å²) in [5.41, 5.74) is 4.39. The van der Waals surface area contributed by atoms with Crippen LogP contribution in [0.3, 0.4) is 0 Å². The van der Waals surface area contributed by atoms with Crippen LogP contribution in [0, 0.1) is 5.92 Å². The van der Waals surface area contributed by atoms with Crippen molar-refractivity contribution in [2.45, 2.75) is 32.5 Å². The Labute approximate surface area is 97.0 Å². The van der Waals surface area contributed by atoms with Crippen LogP contribution in [-0.4, -0.2) is 13.1 Å². The van der Waals surface area contributed by atoms with Gasteiger partial charge in [0, 0.05) is 0 Å². The van der Waals surface area contributed by atoms with Gasteiger partial charge in [-0.05, 0) is 55.0 Å². The van der Waals surface area contributed by atoms with Crippen molar-refractivity contribution in [3.8, 4) is 0 Å². The van der Waals surface area contributed by atoms with E-state index in [-0.39, 0.29) is 0 Å². The molecule has 16 heavy (non-hydrogen) atoms. The highest BCUT2D eigenvalue weighted by molar-refractivity contribution is 5.36. The third-order valence-corrected chi connectivity index (χ3v) is 3.78. The second-order valence-corrected chi connectivity index (χ2v) is 4.96. The van der Waals surface area contributed by atoms with E-state index in [2.05, 4.69) is 23.5 Å². The molecule has 1 aromatic rings. The van der Waals surface area contributed by atoms with E-state index in [1.807, 2.05) is 0 Å². The van der Waals surface area contributed by atoms with Gasteiger partial charge in [0.25, 0.3) is 0 Å². The molecule has 0 spiro atoms. The summed E-state index contributed by atoms with van der Waals surface area (Å²) in [5, 5.41) is 3.49. The molecule has 0 radical (unpaired) electrons. The zero-order valence-corrected chi connectivity index (χ0v) is 9.67. The van der Waals surface area contributed by atoms with E-state index in [0.29, 0.717) is 0 Å². The molecule has 86 valence electrons. The lowest BCUT2D eigenvalue weighted by Gasteiger charge is -2.23. The summed E-state index contributed by atoms with van der Waals surface area (Å²) in [5.74, 6) is 0.820. The van der Waals surface area contributed by atoms with Crippen molar-refractivity contribution in [3.05, 3.63) is 34.9 Å². The normalized spacial score (nSPS) is 24.4. The molecule has 2 heterocycles. The number of benzene rings is 1. The van der Waals surface area contributed by atoms with Gasteiger partial charge in [0.05, 0.1) is 13.2 Å². The Morgan fingerprint density at radius 1 is 1.31 bits per heavy atom. The molecule has 2 heteroatoms. The third-order valence-electron chi connectivity index (χ3n) is 3.78. The first-order valence-corrected chi connectivity index (χ1v) is 6.31. The van der Waals surface area contributed by atoms with Crippen LogP contribution in [0.25, 0.3) is 0 Å². The number of rotatable bonds is 2. The molecule has 0 amide bonds. The lowest BCUT2D eigenvalue weighted by Crippen LogP contribution is -2.31. The summed E-state index contributed by atoms with van der Waals surface area (Å²) < 4.78 is 5.53. The highest BCUT2D eigenvalue weighted by Crippen LogP contribution is 2.26. The first kappa shape index (κ1) is 10.3. The van der Waals surface area contributed by atoms with Gasteiger partial charge >= 0.3 is 0 Å². The molecule has 2 aliphatic rings. The van der Waals surface area contributed by atoms with Crippen LogP contribution in [0.2, 0.25) is 0 Å². The fraction of sp³-hybridized carbons (Fsp3) is 0.571. The quantitative estimate of drug-likeness (QED) is 0.820. The van der Waals surface area contributed by atoms with Gasteiger partial charge in [0.1, 0.15) is 0 Å². The molecule has 1 N–H and O–H groups in total. The summed E-state index contributed by atoms with van der Waals surface area (Å²) in [6.07, 6.45) is 3.92. The van der Waals surface area contributed by atoms with Gasteiger partial charge < -0.3 is 10.1 Å². The first-order valence-electron chi connectivity index (χ1n) is 6.31. The molecular weight excluding hydrogens is 198 g/mol. The number of ether oxygens (including phenoxy) is 1. The average molecular weight is 217 g/mol. The molecule has 2 aliphatic heterocycles. The topological polar surface area (TPSA) is 21.3 Å². The van der Waals surface area contributed by atoms with Crippen LogP contribution >= 0.6 is 0 Å². The Morgan fingerprint density at radius 3 is 3.19 bits per heavy atom. The highest BCUT2D eigenvalue weighted by Gasteiger charge is 2.19. The van der Waals surface area contributed by atoms with Gasteiger partial charge in [-0.1, -0.05) is 18.2 Å². The minimum Gasteiger partial charge on any atom is -0.372 e. The largest absolute Gasteiger partial charge is 0.372 e. The maximum atomic E-state index is 5.53. The van der Waals surface area contributed by atoms with E-state index >= 15 is 0 Å². The number of piperidine rings is 1. The lowest BCUT2D eigenvalue weighted by molar-refractivity contribution is 0.134. The Kier molecular flexibility index (Phi) is 2.94. The fourth-order valence-electron chi connectivity index (χ4n) is 2.87. The predicted molar refractivity (Wildman–Crippen MR) is 64.2 cm³/mol. The second kappa shape index (κ2) is 4.56. The SMILES string of the molecule is c1cc2c(c(CC3CCCNC3)c1)COC2. The Morgan fingerprint density at radius 2 is 2.31 bits per heavy atom.